The van der Waals surface area contributed by atoms with E-state index in [0.717, 1.165) is 10.8 Å². The minimum absolute atomic E-state index is 0.0351. The fourth-order valence-electron chi connectivity index (χ4n) is 2.54. The van der Waals surface area contributed by atoms with E-state index in [1.165, 1.54) is 7.05 Å². The molecule has 0 amide bonds. The third kappa shape index (κ3) is 3.89. The first-order valence-corrected chi connectivity index (χ1v) is 9.86. The molecular formula is C14H9F6N4O4S2+. The van der Waals surface area contributed by atoms with E-state index in [9.17, 15) is 44.5 Å². The standard InChI is InChI=1S/C14H9F6N4O4S2/c1-23-8-5-24(25)10(29(26)14(18,19)20)3-7(8)22-12(23)11-9(30(27)28)2-6(4-21-11)13(15,16)17/h2-5,25,30H,1H3/q+1. The number of hydrogen-bond acceptors (Lipinski definition) is 6. The van der Waals surface area contributed by atoms with Gasteiger partial charge in [0.2, 0.25) is 0 Å². The highest BCUT2D eigenvalue weighted by molar-refractivity contribution is 7.92. The molecule has 1 unspecified atom stereocenters. The smallest absolute Gasteiger partial charge is 0.584 e. The van der Waals surface area contributed by atoms with Crippen LogP contribution in [-0.4, -0.2) is 38.2 Å². The summed E-state index contributed by atoms with van der Waals surface area (Å²) >= 11 is -3.61. The van der Waals surface area contributed by atoms with Crippen molar-refractivity contribution in [2.24, 2.45) is 7.05 Å². The lowest BCUT2D eigenvalue weighted by Crippen LogP contribution is -2.41. The number of imidazole rings is 1. The van der Waals surface area contributed by atoms with E-state index < -0.39 is 54.7 Å². The molecular weight excluding hydrogens is 466 g/mol. The second-order valence-electron chi connectivity index (χ2n) is 5.78. The maximum Gasteiger partial charge on any atom is 0.584 e. The monoisotopic (exact) mass is 475 g/mol. The third-order valence-electron chi connectivity index (χ3n) is 3.90. The number of rotatable bonds is 3. The Morgan fingerprint density at radius 2 is 1.83 bits per heavy atom. The number of alkyl halides is 6. The molecule has 0 saturated carbocycles. The van der Waals surface area contributed by atoms with Crippen molar-refractivity contribution in [3.8, 4) is 11.5 Å². The Labute approximate surface area is 167 Å². The molecule has 3 rings (SSSR count). The summed E-state index contributed by atoms with van der Waals surface area (Å²) in [7, 11) is -2.28. The van der Waals surface area contributed by atoms with Crippen molar-refractivity contribution in [2.75, 3.05) is 0 Å². The topological polar surface area (TPSA) is 112 Å². The molecule has 162 valence electrons. The van der Waals surface area contributed by atoms with E-state index in [-0.39, 0.29) is 21.6 Å². The van der Waals surface area contributed by atoms with Crippen LogP contribution in [0.4, 0.5) is 26.3 Å². The molecule has 0 aromatic carbocycles. The zero-order chi connectivity index (χ0) is 22.6. The average molecular weight is 475 g/mol. The van der Waals surface area contributed by atoms with E-state index in [1.807, 2.05) is 0 Å². The van der Waals surface area contributed by atoms with Gasteiger partial charge >= 0.3 is 16.7 Å². The van der Waals surface area contributed by atoms with Gasteiger partial charge in [-0.2, -0.15) is 13.2 Å². The quantitative estimate of drug-likeness (QED) is 0.196. The number of thiol groups is 1. The largest absolute Gasteiger partial charge is 0.599 e. The number of halogens is 6. The van der Waals surface area contributed by atoms with Crippen LogP contribution in [0.5, 0.6) is 0 Å². The van der Waals surface area contributed by atoms with Crippen molar-refractivity contribution in [2.45, 2.75) is 21.6 Å². The maximum atomic E-state index is 12.9. The van der Waals surface area contributed by atoms with E-state index in [4.69, 9.17) is 0 Å². The third-order valence-corrected chi connectivity index (χ3v) is 5.74. The van der Waals surface area contributed by atoms with E-state index in [1.54, 1.807) is 0 Å². The first-order valence-electron chi connectivity index (χ1n) is 7.53. The van der Waals surface area contributed by atoms with Gasteiger partial charge < -0.3 is 9.12 Å². The van der Waals surface area contributed by atoms with Gasteiger partial charge in [-0.1, -0.05) is 0 Å². The minimum atomic E-state index is -5.18. The number of hydrogen-bond donors (Lipinski definition) is 2. The maximum absolute atomic E-state index is 12.9. The molecule has 3 aromatic heterocycles. The molecule has 0 radical (unpaired) electrons. The van der Waals surface area contributed by atoms with Crippen LogP contribution >= 0.6 is 0 Å². The molecule has 0 bridgehead atoms. The Hall–Kier alpha value is -2.59. The summed E-state index contributed by atoms with van der Waals surface area (Å²) in [5.41, 5.74) is -7.27. The highest BCUT2D eigenvalue weighted by Crippen LogP contribution is 2.34. The zero-order valence-corrected chi connectivity index (χ0v) is 16.1. The van der Waals surface area contributed by atoms with Crippen molar-refractivity contribution in [3.05, 3.63) is 30.1 Å². The van der Waals surface area contributed by atoms with Gasteiger partial charge in [0, 0.05) is 13.2 Å². The molecule has 8 nitrogen and oxygen atoms in total. The first-order chi connectivity index (χ1) is 13.7. The van der Waals surface area contributed by atoms with Gasteiger partial charge in [0.05, 0.1) is 21.3 Å². The number of aryl methyl sites for hydroxylation is 1. The summed E-state index contributed by atoms with van der Waals surface area (Å²) < 4.78 is 112. The molecule has 3 heterocycles. The lowest BCUT2D eigenvalue weighted by molar-refractivity contribution is -0.932. The lowest BCUT2D eigenvalue weighted by Gasteiger charge is -2.09. The van der Waals surface area contributed by atoms with Gasteiger partial charge in [0.25, 0.3) is 6.20 Å². The Bertz CT molecular complexity index is 1210. The molecule has 0 spiro atoms. The van der Waals surface area contributed by atoms with Crippen LogP contribution in [0.2, 0.25) is 0 Å². The Kier molecular flexibility index (Phi) is 5.36. The van der Waals surface area contributed by atoms with Crippen LogP contribution in [0.15, 0.2) is 34.4 Å². The van der Waals surface area contributed by atoms with Gasteiger partial charge in [-0.15, -0.1) is 13.2 Å². The summed E-state index contributed by atoms with van der Waals surface area (Å²) in [5, 5.41) is 8.70. The van der Waals surface area contributed by atoms with Gasteiger partial charge in [-0.25, -0.2) is 13.4 Å². The summed E-state index contributed by atoms with van der Waals surface area (Å²) in [6.45, 7) is 0. The van der Waals surface area contributed by atoms with Crippen molar-refractivity contribution in [3.63, 3.8) is 0 Å². The molecule has 0 aliphatic carbocycles. The average Bonchev–Trinajstić information content (AvgIpc) is 2.94. The summed E-state index contributed by atoms with van der Waals surface area (Å²) in [4.78, 5) is 6.61. The summed E-state index contributed by atoms with van der Waals surface area (Å²) in [6.07, 6.45) is -3.74. The predicted octanol–water partition coefficient (Wildman–Crippen LogP) is 1.78. The van der Waals surface area contributed by atoms with E-state index >= 15 is 0 Å². The molecule has 0 aliphatic heterocycles. The summed E-state index contributed by atoms with van der Waals surface area (Å²) in [5.74, 6) is -0.303. The molecule has 3 aromatic rings. The second kappa shape index (κ2) is 7.28. The number of fused-ring (bicyclic) bond motifs is 1. The lowest BCUT2D eigenvalue weighted by atomic mass is 10.2. The van der Waals surface area contributed by atoms with Crippen molar-refractivity contribution >= 4 is 32.9 Å². The Balaban J connectivity index is 2.24. The van der Waals surface area contributed by atoms with Crippen LogP contribution in [0.25, 0.3) is 22.6 Å². The molecule has 30 heavy (non-hydrogen) atoms. The molecule has 0 aliphatic rings. The predicted molar refractivity (Wildman–Crippen MR) is 87.4 cm³/mol. The van der Waals surface area contributed by atoms with Gasteiger partial charge in [-0.05, 0) is 6.07 Å². The van der Waals surface area contributed by atoms with E-state index in [0.29, 0.717) is 18.3 Å². The van der Waals surface area contributed by atoms with Crippen LogP contribution in [-0.2, 0) is 35.1 Å². The van der Waals surface area contributed by atoms with Crippen LogP contribution in [0.3, 0.4) is 0 Å². The fourth-order valence-corrected chi connectivity index (χ4v) is 3.80. The molecule has 0 saturated heterocycles. The van der Waals surface area contributed by atoms with Crippen LogP contribution in [0, 0.1) is 0 Å². The molecule has 1 atom stereocenters. The normalized spacial score (nSPS) is 13.9. The number of pyridine rings is 2. The Morgan fingerprint density at radius 3 is 2.37 bits per heavy atom. The number of nitrogens with zero attached hydrogens (tertiary/aromatic N) is 4. The minimum Gasteiger partial charge on any atom is -0.599 e. The molecule has 1 N–H and O–H groups in total. The molecule has 16 heteroatoms. The summed E-state index contributed by atoms with van der Waals surface area (Å²) in [6, 6.07) is 1.01. The van der Waals surface area contributed by atoms with Gasteiger partial charge in [-0.3, -0.25) is 10.2 Å². The van der Waals surface area contributed by atoms with Gasteiger partial charge in [0.1, 0.15) is 16.7 Å². The van der Waals surface area contributed by atoms with Crippen molar-refractivity contribution in [1.82, 2.24) is 14.5 Å². The van der Waals surface area contributed by atoms with Crippen molar-refractivity contribution < 1.29 is 49.3 Å². The number of aromatic nitrogens is 4. The first kappa shape index (κ1) is 22.1. The highest BCUT2D eigenvalue weighted by Gasteiger charge is 2.52. The zero-order valence-electron chi connectivity index (χ0n) is 14.4. The fraction of sp³-hybridized carbons (Fsp3) is 0.214. The highest BCUT2D eigenvalue weighted by atomic mass is 32.2. The van der Waals surface area contributed by atoms with Gasteiger partial charge in [0.15, 0.2) is 27.7 Å². The van der Waals surface area contributed by atoms with Crippen LogP contribution < -0.4 is 4.73 Å². The SMILES string of the molecule is Cn1c(-c2ncc(C(F)(F)F)cc2[SH](=O)=O)nc2cc([S+]([O-])C(F)(F)F)[n+](O)cc21. The second-order valence-corrected chi connectivity index (χ2v) is 8.20. The Morgan fingerprint density at radius 1 is 1.20 bits per heavy atom. The van der Waals surface area contributed by atoms with E-state index in [2.05, 4.69) is 9.97 Å². The van der Waals surface area contributed by atoms with Crippen LogP contribution in [0.1, 0.15) is 5.56 Å². The van der Waals surface area contributed by atoms with Crippen molar-refractivity contribution in [1.29, 1.82) is 0 Å². The molecule has 0 fully saturated rings.